The fraction of sp³-hybridized carbons (Fsp3) is 0.316. The first-order valence-corrected chi connectivity index (χ1v) is 8.26. The molecule has 1 atom stereocenters. The molecule has 130 valence electrons. The fourth-order valence-electron chi connectivity index (χ4n) is 3.54. The number of pyridine rings is 1. The standard InChI is InChI=1S/C19H21N3O3/c1-23-12-10-14(24-2)17(15(11-12)25-3)18-19-13(7-8-20-18)21-16-6-4-5-9-22(16)19/h4-6,9-11,18,20H,7-8H2,1-3H3. The van der Waals surface area contributed by atoms with Crippen LogP contribution >= 0.6 is 0 Å². The highest BCUT2D eigenvalue weighted by molar-refractivity contribution is 5.57. The summed E-state index contributed by atoms with van der Waals surface area (Å²) in [5.74, 6) is 2.16. The number of rotatable bonds is 4. The van der Waals surface area contributed by atoms with Crippen molar-refractivity contribution in [2.24, 2.45) is 0 Å². The highest BCUT2D eigenvalue weighted by Gasteiger charge is 2.31. The van der Waals surface area contributed by atoms with E-state index in [2.05, 4.69) is 9.72 Å². The van der Waals surface area contributed by atoms with Crippen molar-refractivity contribution in [1.82, 2.24) is 14.7 Å². The van der Waals surface area contributed by atoms with Gasteiger partial charge < -0.3 is 23.9 Å². The van der Waals surface area contributed by atoms with Gasteiger partial charge in [0.05, 0.1) is 44.3 Å². The lowest BCUT2D eigenvalue weighted by atomic mass is 9.95. The zero-order valence-electron chi connectivity index (χ0n) is 14.6. The predicted molar refractivity (Wildman–Crippen MR) is 94.8 cm³/mol. The van der Waals surface area contributed by atoms with Crippen LogP contribution in [-0.2, 0) is 6.42 Å². The van der Waals surface area contributed by atoms with Crippen LogP contribution in [0.3, 0.4) is 0 Å². The van der Waals surface area contributed by atoms with Gasteiger partial charge in [-0.2, -0.15) is 0 Å². The summed E-state index contributed by atoms with van der Waals surface area (Å²) in [6.45, 7) is 0.847. The van der Waals surface area contributed by atoms with Gasteiger partial charge in [0.15, 0.2) is 0 Å². The number of methoxy groups -OCH3 is 3. The number of nitrogens with one attached hydrogen (secondary N) is 1. The third-order valence-electron chi connectivity index (χ3n) is 4.67. The molecule has 0 aliphatic carbocycles. The predicted octanol–water partition coefficient (Wildman–Crippen LogP) is 2.60. The van der Waals surface area contributed by atoms with Gasteiger partial charge in [-0.25, -0.2) is 4.98 Å². The van der Waals surface area contributed by atoms with Gasteiger partial charge in [0.25, 0.3) is 0 Å². The van der Waals surface area contributed by atoms with Crippen molar-refractivity contribution in [2.45, 2.75) is 12.5 Å². The summed E-state index contributed by atoms with van der Waals surface area (Å²) in [6, 6.07) is 9.75. The molecule has 25 heavy (non-hydrogen) atoms. The lowest BCUT2D eigenvalue weighted by molar-refractivity contribution is 0.360. The monoisotopic (exact) mass is 339 g/mol. The summed E-state index contributed by atoms with van der Waals surface area (Å²) in [4.78, 5) is 4.79. The molecule has 0 amide bonds. The summed E-state index contributed by atoms with van der Waals surface area (Å²) in [5.41, 5.74) is 4.14. The van der Waals surface area contributed by atoms with Crippen LogP contribution < -0.4 is 19.5 Å². The van der Waals surface area contributed by atoms with Crippen molar-refractivity contribution < 1.29 is 14.2 Å². The molecular formula is C19H21N3O3. The lowest BCUT2D eigenvalue weighted by Crippen LogP contribution is -2.32. The van der Waals surface area contributed by atoms with Gasteiger partial charge in [0.1, 0.15) is 22.9 Å². The van der Waals surface area contributed by atoms with Crippen molar-refractivity contribution in [3.63, 3.8) is 0 Å². The number of ether oxygens (including phenoxy) is 3. The first-order chi connectivity index (χ1) is 12.3. The number of nitrogens with zero attached hydrogens (tertiary/aromatic N) is 2. The molecule has 4 rings (SSSR count). The summed E-state index contributed by atoms with van der Waals surface area (Å²) in [7, 11) is 4.96. The first kappa shape index (κ1) is 15.8. The molecule has 0 saturated carbocycles. The van der Waals surface area contributed by atoms with E-state index in [4.69, 9.17) is 19.2 Å². The Hall–Kier alpha value is -2.73. The highest BCUT2D eigenvalue weighted by Crippen LogP contribution is 2.42. The number of hydrogen-bond donors (Lipinski definition) is 1. The van der Waals surface area contributed by atoms with Crippen LogP contribution in [0.4, 0.5) is 0 Å². The van der Waals surface area contributed by atoms with Crippen molar-refractivity contribution in [2.75, 3.05) is 27.9 Å². The van der Waals surface area contributed by atoms with Crippen LogP contribution in [0.25, 0.3) is 5.65 Å². The maximum Gasteiger partial charge on any atom is 0.137 e. The van der Waals surface area contributed by atoms with Gasteiger partial charge in [-0.05, 0) is 12.1 Å². The zero-order chi connectivity index (χ0) is 17.4. The quantitative estimate of drug-likeness (QED) is 0.792. The van der Waals surface area contributed by atoms with E-state index in [-0.39, 0.29) is 6.04 Å². The van der Waals surface area contributed by atoms with E-state index in [1.165, 1.54) is 0 Å². The summed E-state index contributed by atoms with van der Waals surface area (Å²) in [6.07, 6.45) is 2.94. The molecule has 6 nitrogen and oxygen atoms in total. The molecule has 3 aromatic rings. The second-order valence-electron chi connectivity index (χ2n) is 5.96. The molecule has 2 aromatic heterocycles. The number of aromatic nitrogens is 2. The molecule has 0 fully saturated rings. The number of benzene rings is 1. The molecule has 6 heteroatoms. The van der Waals surface area contributed by atoms with Crippen molar-refractivity contribution in [1.29, 1.82) is 0 Å². The lowest BCUT2D eigenvalue weighted by Gasteiger charge is -2.27. The summed E-state index contributed by atoms with van der Waals surface area (Å²) in [5, 5.41) is 3.60. The Morgan fingerprint density at radius 3 is 2.52 bits per heavy atom. The third kappa shape index (κ3) is 2.49. The molecule has 1 unspecified atom stereocenters. The maximum atomic E-state index is 5.66. The minimum Gasteiger partial charge on any atom is -0.496 e. The van der Waals surface area contributed by atoms with Gasteiger partial charge in [0.2, 0.25) is 0 Å². The smallest absolute Gasteiger partial charge is 0.137 e. The van der Waals surface area contributed by atoms with E-state index in [1.54, 1.807) is 21.3 Å². The Labute approximate surface area is 146 Å². The Balaban J connectivity index is 1.95. The number of hydrogen-bond acceptors (Lipinski definition) is 5. The molecule has 0 bridgehead atoms. The second kappa shape index (κ2) is 6.29. The van der Waals surface area contributed by atoms with Crippen LogP contribution in [0.5, 0.6) is 17.2 Å². The Morgan fingerprint density at radius 1 is 1.08 bits per heavy atom. The first-order valence-electron chi connectivity index (χ1n) is 8.26. The molecule has 1 aromatic carbocycles. The second-order valence-corrected chi connectivity index (χ2v) is 5.96. The van der Waals surface area contributed by atoms with Crippen LogP contribution in [0.1, 0.15) is 23.0 Å². The van der Waals surface area contributed by atoms with E-state index in [0.29, 0.717) is 5.75 Å². The van der Waals surface area contributed by atoms with Gasteiger partial charge in [-0.15, -0.1) is 0 Å². The Morgan fingerprint density at radius 2 is 1.84 bits per heavy atom. The van der Waals surface area contributed by atoms with Crippen LogP contribution in [-0.4, -0.2) is 37.3 Å². The van der Waals surface area contributed by atoms with Gasteiger partial charge in [-0.1, -0.05) is 6.07 Å². The summed E-state index contributed by atoms with van der Waals surface area (Å²) < 4.78 is 18.8. The Kier molecular flexibility index (Phi) is 3.97. The minimum absolute atomic E-state index is 0.0723. The average molecular weight is 339 g/mol. The molecule has 0 saturated heterocycles. The van der Waals surface area contributed by atoms with E-state index in [0.717, 1.165) is 47.1 Å². The third-order valence-corrected chi connectivity index (χ3v) is 4.67. The normalized spacial score (nSPS) is 16.5. The average Bonchev–Trinajstić information content (AvgIpc) is 3.05. The Bertz CT molecular complexity index is 894. The van der Waals surface area contributed by atoms with E-state index in [1.807, 2.05) is 36.5 Å². The summed E-state index contributed by atoms with van der Waals surface area (Å²) >= 11 is 0. The van der Waals surface area contributed by atoms with E-state index >= 15 is 0 Å². The topological polar surface area (TPSA) is 57.0 Å². The minimum atomic E-state index is -0.0723. The van der Waals surface area contributed by atoms with Crippen LogP contribution in [0.2, 0.25) is 0 Å². The maximum absolute atomic E-state index is 5.66. The SMILES string of the molecule is COc1cc(OC)c(C2NCCc3nc4ccccn4c32)c(OC)c1. The van der Waals surface area contributed by atoms with Crippen molar-refractivity contribution >= 4 is 5.65 Å². The van der Waals surface area contributed by atoms with E-state index < -0.39 is 0 Å². The molecule has 1 aliphatic rings. The number of fused-ring (bicyclic) bond motifs is 3. The van der Waals surface area contributed by atoms with Crippen molar-refractivity contribution in [3.8, 4) is 17.2 Å². The molecule has 1 aliphatic heterocycles. The van der Waals surface area contributed by atoms with Crippen molar-refractivity contribution in [3.05, 3.63) is 53.5 Å². The van der Waals surface area contributed by atoms with Gasteiger partial charge in [-0.3, -0.25) is 0 Å². The number of imidazole rings is 1. The molecule has 0 radical (unpaired) electrons. The van der Waals surface area contributed by atoms with Crippen LogP contribution in [0, 0.1) is 0 Å². The molecular weight excluding hydrogens is 318 g/mol. The van der Waals surface area contributed by atoms with E-state index in [9.17, 15) is 0 Å². The highest BCUT2D eigenvalue weighted by atomic mass is 16.5. The molecule has 0 spiro atoms. The van der Waals surface area contributed by atoms with Gasteiger partial charge >= 0.3 is 0 Å². The van der Waals surface area contributed by atoms with Gasteiger partial charge in [0, 0.05) is 31.3 Å². The fourth-order valence-corrected chi connectivity index (χ4v) is 3.54. The largest absolute Gasteiger partial charge is 0.496 e. The zero-order valence-corrected chi connectivity index (χ0v) is 14.6. The van der Waals surface area contributed by atoms with Crippen LogP contribution in [0.15, 0.2) is 36.5 Å². The molecule has 1 N–H and O–H groups in total. The molecule has 3 heterocycles.